The van der Waals surface area contributed by atoms with Gasteiger partial charge in [0.2, 0.25) is 0 Å². The molecule has 6 nitrogen and oxygen atoms in total. The summed E-state index contributed by atoms with van der Waals surface area (Å²) < 4.78 is 0. The molecule has 35 heavy (non-hydrogen) atoms. The summed E-state index contributed by atoms with van der Waals surface area (Å²) in [6, 6.07) is 0.784. The van der Waals surface area contributed by atoms with Crippen molar-refractivity contribution in [3.05, 3.63) is 21.3 Å². The smallest absolute Gasteiger partial charge is 0.676 e. The Morgan fingerprint density at radius 2 is 0.857 bits per heavy atom. The van der Waals surface area contributed by atoms with E-state index in [2.05, 4.69) is 107 Å². The third-order valence-corrected chi connectivity index (χ3v) is 5.30. The van der Waals surface area contributed by atoms with Crippen molar-refractivity contribution in [1.82, 2.24) is 0 Å². The molecular weight excluding hydrogens is 525 g/mol. The zero-order valence-electron chi connectivity index (χ0n) is 25.1. The summed E-state index contributed by atoms with van der Waals surface area (Å²) in [6.07, 6.45) is 9.72. The average molecular weight is 584 g/mol. The Morgan fingerprint density at radius 1 is 0.600 bits per heavy atom. The van der Waals surface area contributed by atoms with Gasteiger partial charge in [-0.1, -0.05) is 134 Å². The fourth-order valence-corrected chi connectivity index (χ4v) is 2.80. The number of hydrogen-bond donors (Lipinski definition) is 0. The summed E-state index contributed by atoms with van der Waals surface area (Å²) in [7, 11) is 0. The molecule has 0 radical (unpaired) electrons. The van der Waals surface area contributed by atoms with Crippen molar-refractivity contribution in [2.24, 2.45) is 0 Å². The summed E-state index contributed by atoms with van der Waals surface area (Å²) in [5.74, 6) is 0. The van der Waals surface area contributed by atoms with Crippen molar-refractivity contribution in [2.75, 3.05) is 0 Å². The van der Waals surface area contributed by atoms with Crippen LogP contribution < -0.4 is 0 Å². The number of unbranched alkanes of at least 4 members (excludes halogenated alkanes) is 2. The maximum Gasteiger partial charge on any atom is 6.00 e. The minimum absolute atomic E-state index is 0. The molecule has 0 N–H and O–H groups in total. The molecule has 0 aliphatic rings. The quantitative estimate of drug-likeness (QED) is 0.103. The van der Waals surface area contributed by atoms with Crippen LogP contribution in [0, 0.1) is 0 Å². The van der Waals surface area contributed by atoms with Crippen LogP contribution in [-0.4, -0.2) is 49.1 Å². The van der Waals surface area contributed by atoms with E-state index in [1.807, 2.05) is 0 Å². The Hall–Kier alpha value is -0.197. The molecule has 2 atom stereocenters. The molecule has 0 saturated carbocycles. The molecule has 0 aliphatic heterocycles. The Bertz CT molecular complexity index is 384. The molecule has 0 bridgehead atoms. The van der Waals surface area contributed by atoms with Gasteiger partial charge in [-0.25, -0.2) is 12.3 Å². The van der Waals surface area contributed by atoms with E-state index in [1.54, 1.807) is 0 Å². The summed E-state index contributed by atoms with van der Waals surface area (Å²) >= 11 is 0. The van der Waals surface area contributed by atoms with Gasteiger partial charge >= 0.3 is 19.5 Å². The van der Waals surface area contributed by atoms with Crippen molar-refractivity contribution in [3.63, 3.8) is 0 Å². The second-order valence-electron chi connectivity index (χ2n) is 10.3. The first-order valence-electron chi connectivity index (χ1n) is 13.1. The van der Waals surface area contributed by atoms with E-state index in [0.717, 1.165) is 25.7 Å². The topological polar surface area (TPSA) is 90.5 Å². The maximum absolute atomic E-state index is 7.75. The van der Waals surface area contributed by atoms with E-state index in [1.165, 1.54) is 25.7 Å². The number of rotatable bonds is 16. The zero-order valence-corrected chi connectivity index (χ0v) is 26.8. The number of carbonyl (C=O) groups excluding carboxylic acids is 2. The van der Waals surface area contributed by atoms with E-state index >= 15 is 0 Å². The Morgan fingerprint density at radius 3 is 1.03 bits per heavy atom. The van der Waals surface area contributed by atoms with Gasteiger partial charge in [0.1, 0.15) is 0 Å². The molecule has 0 heterocycles. The van der Waals surface area contributed by atoms with Crippen molar-refractivity contribution in [1.29, 1.82) is 0 Å². The SMILES string of the molecule is CCCCC([N-]C(C)C)[N-]C(C)(C)CC.CCCCC([N-]C(C)C)[N-]C(C)(C)CC.[CH-]=O.[CH-]=O.[Ru+6]. The molecule has 0 saturated heterocycles. The van der Waals surface area contributed by atoms with Crippen LogP contribution >= 0.6 is 0 Å². The van der Waals surface area contributed by atoms with Crippen LogP contribution in [0.5, 0.6) is 0 Å². The van der Waals surface area contributed by atoms with Crippen LogP contribution in [0.4, 0.5) is 0 Å². The van der Waals surface area contributed by atoms with Crippen LogP contribution in [0.3, 0.4) is 0 Å². The predicted molar refractivity (Wildman–Crippen MR) is 153 cm³/mol. The minimum atomic E-state index is 0. The zero-order chi connectivity index (χ0) is 27.8. The van der Waals surface area contributed by atoms with Crippen LogP contribution in [0.2, 0.25) is 0 Å². The summed E-state index contributed by atoms with van der Waals surface area (Å²) in [5.41, 5.74) is 0.160. The molecule has 0 spiro atoms. The minimum Gasteiger partial charge on any atom is -0.676 e. The van der Waals surface area contributed by atoms with E-state index in [0.29, 0.717) is 12.1 Å². The molecule has 210 valence electrons. The summed E-state index contributed by atoms with van der Waals surface area (Å²) in [4.78, 5) is 15.5. The van der Waals surface area contributed by atoms with Gasteiger partial charge in [-0.2, -0.15) is 0 Å². The van der Waals surface area contributed by atoms with Crippen molar-refractivity contribution >= 4 is 13.6 Å². The van der Waals surface area contributed by atoms with Crippen molar-refractivity contribution in [2.45, 2.75) is 170 Å². The van der Waals surface area contributed by atoms with Gasteiger partial charge in [0.15, 0.2) is 0 Å². The van der Waals surface area contributed by atoms with Gasteiger partial charge in [0.05, 0.1) is 0 Å². The first-order valence-corrected chi connectivity index (χ1v) is 13.1. The monoisotopic (exact) mass is 584 g/mol. The largest absolute Gasteiger partial charge is 6.00 e. The first-order chi connectivity index (χ1) is 15.8. The predicted octanol–water partition coefficient (Wildman–Crippen LogP) is 9.14. The van der Waals surface area contributed by atoms with E-state index in [4.69, 9.17) is 20.2 Å². The molecule has 0 aromatic rings. The second-order valence-corrected chi connectivity index (χ2v) is 10.3. The van der Waals surface area contributed by atoms with Gasteiger partial charge < -0.3 is 30.9 Å². The average Bonchev–Trinajstić information content (AvgIpc) is 2.78. The van der Waals surface area contributed by atoms with Gasteiger partial charge in [0.25, 0.3) is 0 Å². The molecular formula is C28H58N4O2Ru. The third-order valence-electron chi connectivity index (χ3n) is 5.30. The van der Waals surface area contributed by atoms with Gasteiger partial charge in [-0.15, -0.1) is 23.2 Å². The second kappa shape index (κ2) is 28.4. The van der Waals surface area contributed by atoms with Gasteiger partial charge in [0, 0.05) is 0 Å². The third kappa shape index (κ3) is 33.8. The molecule has 0 aromatic heterocycles. The van der Waals surface area contributed by atoms with Gasteiger partial charge in [-0.05, 0) is 0 Å². The molecule has 0 amide bonds. The molecule has 0 aromatic carbocycles. The molecule has 2 unspecified atom stereocenters. The number of nitrogens with zero attached hydrogens (tertiary/aromatic N) is 4. The first kappa shape index (κ1) is 44.8. The van der Waals surface area contributed by atoms with Crippen molar-refractivity contribution in [3.8, 4) is 0 Å². The van der Waals surface area contributed by atoms with Crippen LogP contribution in [-0.2, 0) is 29.1 Å². The Balaban J connectivity index is -0.000000146. The van der Waals surface area contributed by atoms with Crippen LogP contribution in [0.1, 0.15) is 134 Å². The molecule has 0 fully saturated rings. The molecule has 7 heteroatoms. The van der Waals surface area contributed by atoms with Crippen molar-refractivity contribution < 1.29 is 29.1 Å². The van der Waals surface area contributed by atoms with Gasteiger partial charge in [-0.3, -0.25) is 13.6 Å². The summed E-state index contributed by atoms with van der Waals surface area (Å²) in [6.45, 7) is 32.6. The fraction of sp³-hybridized carbons (Fsp3) is 0.929. The normalized spacial score (nSPS) is 12.7. The van der Waals surface area contributed by atoms with E-state index in [9.17, 15) is 0 Å². The van der Waals surface area contributed by atoms with E-state index < -0.39 is 0 Å². The maximum atomic E-state index is 7.75. The number of hydrogen-bond acceptors (Lipinski definition) is 2. The van der Waals surface area contributed by atoms with E-state index in [-0.39, 0.29) is 42.9 Å². The molecule has 0 aliphatic carbocycles. The van der Waals surface area contributed by atoms with Crippen LogP contribution in [0.15, 0.2) is 0 Å². The Kier molecular flexibility index (Phi) is 36.3. The molecule has 0 rings (SSSR count). The van der Waals surface area contributed by atoms with Crippen LogP contribution in [0.25, 0.3) is 21.3 Å². The Labute approximate surface area is 233 Å². The summed E-state index contributed by atoms with van der Waals surface area (Å²) in [5, 5.41) is 19.0. The fourth-order valence-electron chi connectivity index (χ4n) is 2.80. The standard InChI is InChI=1S/2C13H28N2.2CHO.Ru/c2*1-7-9-10-12(14-11(3)4)15-13(5,6)8-2;2*1-2;/h2*11-12H,7-10H2,1-6H3;2*1H;/q2*-2;2*-1;+6.